The van der Waals surface area contributed by atoms with E-state index >= 15 is 0 Å². The number of halogens is 1. The van der Waals surface area contributed by atoms with Gasteiger partial charge in [-0.05, 0) is 48.9 Å². The van der Waals surface area contributed by atoms with Crippen molar-refractivity contribution < 1.29 is 13.7 Å². The maximum atomic E-state index is 13.5. The normalized spacial score (nSPS) is 35.8. The van der Waals surface area contributed by atoms with Gasteiger partial charge in [0, 0.05) is 21.3 Å². The molecule has 1 aromatic carbocycles. The van der Waals surface area contributed by atoms with Gasteiger partial charge in [0.15, 0.2) is 0 Å². The molecule has 0 spiro atoms. The van der Waals surface area contributed by atoms with Crippen LogP contribution in [0.15, 0.2) is 18.2 Å². The topological polar surface area (TPSA) is 61.1 Å². The number of nitrogens with zero attached hydrogens (tertiary/aromatic N) is 1. The van der Waals surface area contributed by atoms with Gasteiger partial charge in [0.25, 0.3) is 0 Å². The third-order valence-electron chi connectivity index (χ3n) is 4.44. The molecule has 2 bridgehead atoms. The molecule has 0 amide bonds. The van der Waals surface area contributed by atoms with Crippen molar-refractivity contribution in [3.8, 4) is 6.07 Å². The number of rotatable bonds is 2. The summed E-state index contributed by atoms with van der Waals surface area (Å²) in [6.45, 7) is 0. The summed E-state index contributed by atoms with van der Waals surface area (Å²) in [7, 11) is -0.873. The highest BCUT2D eigenvalue weighted by Crippen LogP contribution is 2.46. The fourth-order valence-electron chi connectivity index (χ4n) is 3.52. The maximum Gasteiger partial charge on any atom is 0.123 e. The van der Waals surface area contributed by atoms with Crippen LogP contribution >= 0.6 is 0 Å². The van der Waals surface area contributed by atoms with Crippen molar-refractivity contribution in [2.24, 2.45) is 0 Å². The van der Waals surface area contributed by atoms with Crippen LogP contribution in [0.25, 0.3) is 0 Å². The van der Waals surface area contributed by atoms with E-state index in [-0.39, 0.29) is 16.9 Å². The molecule has 106 valence electrons. The van der Waals surface area contributed by atoms with Gasteiger partial charge in [0.05, 0.1) is 18.1 Å². The van der Waals surface area contributed by atoms with E-state index in [1.807, 2.05) is 0 Å². The summed E-state index contributed by atoms with van der Waals surface area (Å²) in [5.74, 6) is -0.408. The van der Waals surface area contributed by atoms with Crippen molar-refractivity contribution in [3.05, 3.63) is 35.1 Å². The maximum absolute atomic E-state index is 13.5. The molecule has 3 rings (SSSR count). The number of fused-ring (bicyclic) bond motifs is 2. The van der Waals surface area contributed by atoms with E-state index in [9.17, 15) is 13.7 Å². The Kier molecular flexibility index (Phi) is 3.39. The first-order valence-corrected chi connectivity index (χ1v) is 8.09. The first-order chi connectivity index (χ1) is 9.53. The van der Waals surface area contributed by atoms with Crippen LogP contribution in [0, 0.1) is 17.1 Å². The molecule has 2 saturated heterocycles. The van der Waals surface area contributed by atoms with E-state index in [4.69, 9.17) is 5.26 Å². The molecule has 2 aliphatic rings. The number of benzene rings is 1. The average molecular weight is 293 g/mol. The Labute approximate surface area is 119 Å². The predicted molar refractivity (Wildman–Crippen MR) is 73.8 cm³/mol. The molecule has 0 aromatic heterocycles. The third kappa shape index (κ3) is 2.17. The van der Waals surface area contributed by atoms with Crippen LogP contribution in [-0.2, 0) is 22.8 Å². The van der Waals surface area contributed by atoms with Gasteiger partial charge in [0.2, 0.25) is 0 Å². The second kappa shape index (κ2) is 4.94. The highest BCUT2D eigenvalue weighted by atomic mass is 32.2. The van der Waals surface area contributed by atoms with Crippen molar-refractivity contribution in [2.45, 2.75) is 48.2 Å². The van der Waals surface area contributed by atoms with Crippen LogP contribution in [0.5, 0.6) is 0 Å². The van der Waals surface area contributed by atoms with Crippen molar-refractivity contribution >= 4 is 10.8 Å². The molecule has 1 N–H and O–H groups in total. The molecule has 2 fully saturated rings. The van der Waals surface area contributed by atoms with E-state index in [0.717, 1.165) is 12.8 Å². The second-order valence-corrected chi connectivity index (χ2v) is 7.72. The van der Waals surface area contributed by atoms with Crippen molar-refractivity contribution in [1.29, 1.82) is 5.26 Å². The Morgan fingerprint density at radius 2 is 2.05 bits per heavy atom. The van der Waals surface area contributed by atoms with Crippen LogP contribution in [-0.4, -0.2) is 19.8 Å². The molecule has 0 saturated carbocycles. The second-order valence-electron chi connectivity index (χ2n) is 5.73. The zero-order valence-corrected chi connectivity index (χ0v) is 11.8. The lowest BCUT2D eigenvalue weighted by molar-refractivity contribution is 0.0174. The molecule has 2 unspecified atom stereocenters. The highest BCUT2D eigenvalue weighted by Gasteiger charge is 2.49. The highest BCUT2D eigenvalue weighted by molar-refractivity contribution is 7.86. The molecule has 5 heteroatoms. The molecule has 0 radical (unpaired) electrons. The largest absolute Gasteiger partial charge is 0.385 e. The summed E-state index contributed by atoms with van der Waals surface area (Å²) in [5.41, 5.74) is 0.0322. The van der Waals surface area contributed by atoms with E-state index in [0.29, 0.717) is 24.0 Å². The van der Waals surface area contributed by atoms with Gasteiger partial charge in [-0.1, -0.05) is 6.07 Å². The van der Waals surface area contributed by atoms with Crippen LogP contribution in [0.4, 0.5) is 4.39 Å². The Balaban J connectivity index is 2.02. The zero-order chi connectivity index (χ0) is 14.3. The Hall–Kier alpha value is -1.25. The van der Waals surface area contributed by atoms with Crippen LogP contribution in [0.1, 0.15) is 36.8 Å². The summed E-state index contributed by atoms with van der Waals surface area (Å²) in [6, 6.07) is 6.27. The van der Waals surface area contributed by atoms with Crippen LogP contribution in [0.3, 0.4) is 0 Å². The van der Waals surface area contributed by atoms with Gasteiger partial charge in [-0.2, -0.15) is 5.26 Å². The lowest BCUT2D eigenvalue weighted by atomic mass is 9.82. The smallest absolute Gasteiger partial charge is 0.123 e. The molecule has 2 atom stereocenters. The molecular formula is C15H16FNO2S. The lowest BCUT2D eigenvalue weighted by Gasteiger charge is -2.37. The molecule has 0 aliphatic carbocycles. The Morgan fingerprint density at radius 3 is 2.65 bits per heavy atom. The monoisotopic (exact) mass is 293 g/mol. The Bertz CT molecular complexity index is 594. The minimum atomic E-state index is -1.14. The zero-order valence-electron chi connectivity index (χ0n) is 11.0. The van der Waals surface area contributed by atoms with Gasteiger partial charge < -0.3 is 5.11 Å². The summed E-state index contributed by atoms with van der Waals surface area (Å²) in [5, 5.41) is 19.8. The van der Waals surface area contributed by atoms with Crippen molar-refractivity contribution in [2.75, 3.05) is 0 Å². The van der Waals surface area contributed by atoms with E-state index < -0.39 is 22.2 Å². The van der Waals surface area contributed by atoms with Gasteiger partial charge in [-0.15, -0.1) is 0 Å². The molecule has 1 aromatic rings. The van der Waals surface area contributed by atoms with Gasteiger partial charge in [-0.3, -0.25) is 4.21 Å². The third-order valence-corrected chi connectivity index (χ3v) is 6.56. The van der Waals surface area contributed by atoms with E-state index in [2.05, 4.69) is 6.07 Å². The number of aliphatic hydroxyl groups is 1. The molecule has 20 heavy (non-hydrogen) atoms. The minimum absolute atomic E-state index is 0.00282. The quantitative estimate of drug-likeness (QED) is 0.909. The number of nitriles is 1. The first kappa shape index (κ1) is 13.7. The number of hydrogen-bond acceptors (Lipinski definition) is 3. The predicted octanol–water partition coefficient (Wildman–Crippen LogP) is 2.15. The summed E-state index contributed by atoms with van der Waals surface area (Å²) >= 11 is 0. The Morgan fingerprint density at radius 1 is 1.40 bits per heavy atom. The average Bonchev–Trinajstić information content (AvgIpc) is 2.63. The van der Waals surface area contributed by atoms with Crippen LogP contribution < -0.4 is 0 Å². The molecule has 3 nitrogen and oxygen atoms in total. The van der Waals surface area contributed by atoms with E-state index in [1.54, 1.807) is 6.07 Å². The van der Waals surface area contributed by atoms with Crippen molar-refractivity contribution in [3.63, 3.8) is 0 Å². The molecule has 2 heterocycles. The fraction of sp³-hybridized carbons (Fsp3) is 0.533. The van der Waals surface area contributed by atoms with E-state index in [1.165, 1.54) is 12.1 Å². The summed E-state index contributed by atoms with van der Waals surface area (Å²) < 4.78 is 25.6. The van der Waals surface area contributed by atoms with Crippen molar-refractivity contribution in [1.82, 2.24) is 0 Å². The van der Waals surface area contributed by atoms with Gasteiger partial charge in [0.1, 0.15) is 5.82 Å². The lowest BCUT2D eigenvalue weighted by Crippen LogP contribution is -2.41. The first-order valence-electron chi connectivity index (χ1n) is 6.81. The minimum Gasteiger partial charge on any atom is -0.385 e. The van der Waals surface area contributed by atoms with Gasteiger partial charge in [-0.25, -0.2) is 4.39 Å². The summed E-state index contributed by atoms with van der Waals surface area (Å²) in [6.07, 6.45) is 2.68. The number of hydrogen-bond donors (Lipinski definition) is 1. The molecular weight excluding hydrogens is 277 g/mol. The fourth-order valence-corrected chi connectivity index (χ4v) is 5.68. The van der Waals surface area contributed by atoms with Gasteiger partial charge >= 0.3 is 0 Å². The SMILES string of the molecule is N#CCc1ccc(F)cc1C1(O)CC2CCC(C1)S2=O. The standard InChI is InChI=1S/C15H16FNO2S/c16-11-2-1-10(5-6-17)14(7-11)15(18)8-12-3-4-13(9-15)20(12)19/h1-2,7,12-13,18H,3-5,8-9H2. The summed E-state index contributed by atoms with van der Waals surface area (Å²) in [4.78, 5) is 0. The molecule has 2 aliphatic heterocycles. The van der Waals surface area contributed by atoms with Crippen LogP contribution in [0.2, 0.25) is 0 Å².